The number of fused-ring (bicyclic) bond motifs is 1. The molecule has 0 fully saturated rings. The molecule has 0 saturated heterocycles. The standard InChI is InChI=1S/C21H18ClF4N3O3/c22-15-10-14(23)8-7-13(15)11-28(12-19(31)32)18(30)6-3-9-29-17-5-2-1-4-16(17)27-20(29)21(24,25)26/h1-2,4-5,7-8,10H,3,6,9,11-12H2,(H,31,32). The number of carbonyl (C=O) groups is 2. The van der Waals surface area contributed by atoms with Gasteiger partial charge in [-0.3, -0.25) is 9.59 Å². The van der Waals surface area contributed by atoms with E-state index in [0.717, 1.165) is 21.6 Å². The van der Waals surface area contributed by atoms with Crippen molar-refractivity contribution in [3.63, 3.8) is 0 Å². The first-order valence-corrected chi connectivity index (χ1v) is 9.90. The number of carbonyl (C=O) groups excluding carboxylic acids is 1. The Bertz CT molecular complexity index is 1150. The number of rotatable bonds is 8. The van der Waals surface area contributed by atoms with E-state index in [0.29, 0.717) is 5.56 Å². The summed E-state index contributed by atoms with van der Waals surface area (Å²) in [6.07, 6.45) is -4.84. The summed E-state index contributed by atoms with van der Waals surface area (Å²) in [5.41, 5.74) is 0.819. The van der Waals surface area contributed by atoms with E-state index in [4.69, 9.17) is 16.7 Å². The molecule has 1 amide bonds. The fraction of sp³-hybridized carbons (Fsp3) is 0.286. The molecule has 32 heavy (non-hydrogen) atoms. The minimum atomic E-state index is -4.67. The second kappa shape index (κ2) is 9.56. The third kappa shape index (κ3) is 5.56. The van der Waals surface area contributed by atoms with E-state index in [2.05, 4.69) is 4.98 Å². The first-order valence-electron chi connectivity index (χ1n) is 9.52. The van der Waals surface area contributed by atoms with E-state index in [1.807, 2.05) is 0 Å². The largest absolute Gasteiger partial charge is 0.480 e. The summed E-state index contributed by atoms with van der Waals surface area (Å²) in [6.45, 7) is -0.945. The van der Waals surface area contributed by atoms with E-state index in [1.165, 1.54) is 18.2 Å². The van der Waals surface area contributed by atoms with Crippen LogP contribution in [0.15, 0.2) is 42.5 Å². The molecule has 0 unspecified atom stereocenters. The Morgan fingerprint density at radius 1 is 1.16 bits per heavy atom. The first kappa shape index (κ1) is 23.5. The van der Waals surface area contributed by atoms with E-state index >= 15 is 0 Å². The predicted octanol–water partition coefficient (Wildman–Crippen LogP) is 4.74. The molecule has 0 saturated carbocycles. The van der Waals surface area contributed by atoms with Gasteiger partial charge in [0, 0.05) is 24.5 Å². The molecule has 170 valence electrons. The Hall–Kier alpha value is -3.14. The number of para-hydroxylation sites is 2. The van der Waals surface area contributed by atoms with Gasteiger partial charge in [0.25, 0.3) is 0 Å². The number of imidazole rings is 1. The molecule has 11 heteroatoms. The minimum absolute atomic E-state index is 0.0233. The van der Waals surface area contributed by atoms with Gasteiger partial charge in [0.15, 0.2) is 0 Å². The number of nitrogens with zero attached hydrogens (tertiary/aromatic N) is 3. The average molecular weight is 472 g/mol. The molecule has 1 aromatic heterocycles. The van der Waals surface area contributed by atoms with Gasteiger partial charge in [0.1, 0.15) is 12.4 Å². The molecule has 6 nitrogen and oxygen atoms in total. The number of alkyl halides is 3. The van der Waals surface area contributed by atoms with Gasteiger partial charge in [-0.15, -0.1) is 0 Å². The van der Waals surface area contributed by atoms with Crippen molar-refractivity contribution in [2.75, 3.05) is 6.54 Å². The van der Waals surface area contributed by atoms with Crippen molar-refractivity contribution in [1.82, 2.24) is 14.5 Å². The van der Waals surface area contributed by atoms with Crippen LogP contribution in [0.2, 0.25) is 5.02 Å². The highest BCUT2D eigenvalue weighted by molar-refractivity contribution is 6.31. The molecule has 0 spiro atoms. The summed E-state index contributed by atoms with van der Waals surface area (Å²) in [5, 5.41) is 9.15. The van der Waals surface area contributed by atoms with Crippen molar-refractivity contribution in [3.8, 4) is 0 Å². The van der Waals surface area contributed by atoms with E-state index in [-0.39, 0.29) is 42.0 Å². The number of aryl methyl sites for hydroxylation is 1. The van der Waals surface area contributed by atoms with Gasteiger partial charge in [-0.2, -0.15) is 13.2 Å². The topological polar surface area (TPSA) is 75.4 Å². The molecule has 3 aromatic rings. The highest BCUT2D eigenvalue weighted by Gasteiger charge is 2.37. The second-order valence-corrected chi connectivity index (χ2v) is 7.46. The third-order valence-electron chi connectivity index (χ3n) is 4.74. The third-order valence-corrected chi connectivity index (χ3v) is 5.09. The molecule has 0 atom stereocenters. The smallest absolute Gasteiger partial charge is 0.449 e. The number of carboxylic acids is 1. The van der Waals surface area contributed by atoms with Crippen LogP contribution < -0.4 is 0 Å². The van der Waals surface area contributed by atoms with Crippen LogP contribution in [0, 0.1) is 5.82 Å². The van der Waals surface area contributed by atoms with Crippen LogP contribution in [0.1, 0.15) is 24.2 Å². The molecular formula is C21H18ClF4N3O3. The molecule has 2 aromatic carbocycles. The summed E-state index contributed by atoms with van der Waals surface area (Å²) in [6, 6.07) is 9.66. The summed E-state index contributed by atoms with van der Waals surface area (Å²) in [4.78, 5) is 28.5. The maximum absolute atomic E-state index is 13.4. The van der Waals surface area contributed by atoms with Crippen molar-refractivity contribution < 1.29 is 32.3 Å². The molecule has 0 aliphatic rings. The average Bonchev–Trinajstić information content (AvgIpc) is 3.08. The van der Waals surface area contributed by atoms with Gasteiger partial charge in [0.05, 0.1) is 11.0 Å². The number of hydrogen-bond donors (Lipinski definition) is 1. The molecule has 0 aliphatic carbocycles. The van der Waals surface area contributed by atoms with Gasteiger partial charge in [-0.05, 0) is 36.2 Å². The first-order chi connectivity index (χ1) is 15.1. The number of hydrogen-bond acceptors (Lipinski definition) is 3. The monoisotopic (exact) mass is 471 g/mol. The molecule has 0 bridgehead atoms. The molecule has 1 N–H and O–H groups in total. The lowest BCUT2D eigenvalue weighted by Crippen LogP contribution is -2.35. The van der Waals surface area contributed by atoms with Gasteiger partial charge in [-0.1, -0.05) is 29.8 Å². The summed E-state index contributed by atoms with van der Waals surface area (Å²) in [7, 11) is 0. The molecule has 1 heterocycles. The van der Waals surface area contributed by atoms with Crippen LogP contribution >= 0.6 is 11.6 Å². The molecule has 0 aliphatic heterocycles. The quantitative estimate of drug-likeness (QED) is 0.481. The fourth-order valence-electron chi connectivity index (χ4n) is 3.32. The number of aromatic nitrogens is 2. The number of carboxylic acid groups (broad SMARTS) is 1. The Kier molecular flexibility index (Phi) is 7.02. The van der Waals surface area contributed by atoms with Crippen molar-refractivity contribution in [1.29, 1.82) is 0 Å². The maximum Gasteiger partial charge on any atom is 0.449 e. The zero-order chi connectivity index (χ0) is 23.5. The van der Waals surface area contributed by atoms with E-state index in [1.54, 1.807) is 12.1 Å². The van der Waals surface area contributed by atoms with Crippen LogP contribution in [0.4, 0.5) is 17.6 Å². The number of aliphatic carboxylic acids is 1. The lowest BCUT2D eigenvalue weighted by atomic mass is 10.2. The zero-order valence-corrected chi connectivity index (χ0v) is 17.3. The number of amides is 1. The van der Waals surface area contributed by atoms with Gasteiger partial charge < -0.3 is 14.6 Å². The van der Waals surface area contributed by atoms with E-state index in [9.17, 15) is 27.2 Å². The Morgan fingerprint density at radius 2 is 1.88 bits per heavy atom. The van der Waals surface area contributed by atoms with Crippen molar-refractivity contribution in [2.45, 2.75) is 32.1 Å². The fourth-order valence-corrected chi connectivity index (χ4v) is 3.54. The van der Waals surface area contributed by atoms with Crippen LogP contribution in [-0.2, 0) is 28.9 Å². The molecular weight excluding hydrogens is 454 g/mol. The van der Waals surface area contributed by atoms with Crippen molar-refractivity contribution in [3.05, 3.63) is 64.7 Å². The van der Waals surface area contributed by atoms with Crippen LogP contribution in [0.25, 0.3) is 11.0 Å². The lowest BCUT2D eigenvalue weighted by Gasteiger charge is -2.22. The SMILES string of the molecule is O=C(O)CN(Cc1ccc(F)cc1Cl)C(=O)CCCn1c(C(F)(F)F)nc2ccccc21. The zero-order valence-electron chi connectivity index (χ0n) is 16.6. The predicted molar refractivity (Wildman–Crippen MR) is 108 cm³/mol. The Balaban J connectivity index is 1.73. The lowest BCUT2D eigenvalue weighted by molar-refractivity contribution is -0.147. The van der Waals surface area contributed by atoms with Crippen molar-refractivity contribution >= 4 is 34.5 Å². The van der Waals surface area contributed by atoms with Crippen molar-refractivity contribution in [2.24, 2.45) is 0 Å². The highest BCUT2D eigenvalue weighted by Crippen LogP contribution is 2.31. The van der Waals surface area contributed by atoms with Crippen LogP contribution in [0.5, 0.6) is 0 Å². The Labute approximate surface area is 185 Å². The van der Waals surface area contributed by atoms with Gasteiger partial charge in [-0.25, -0.2) is 9.37 Å². The normalized spacial score (nSPS) is 11.7. The van der Waals surface area contributed by atoms with Crippen LogP contribution in [-0.4, -0.2) is 38.0 Å². The van der Waals surface area contributed by atoms with Crippen LogP contribution in [0.3, 0.4) is 0 Å². The summed E-state index contributed by atoms with van der Waals surface area (Å²) in [5.74, 6) is -3.49. The molecule has 3 rings (SSSR count). The second-order valence-electron chi connectivity index (χ2n) is 7.06. The Morgan fingerprint density at radius 3 is 2.53 bits per heavy atom. The minimum Gasteiger partial charge on any atom is -0.480 e. The van der Waals surface area contributed by atoms with E-state index < -0.39 is 36.2 Å². The number of halogens is 5. The maximum atomic E-state index is 13.4. The number of benzene rings is 2. The van der Waals surface area contributed by atoms with Gasteiger partial charge in [0.2, 0.25) is 11.7 Å². The van der Waals surface area contributed by atoms with Gasteiger partial charge >= 0.3 is 12.1 Å². The molecule has 0 radical (unpaired) electrons. The summed E-state index contributed by atoms with van der Waals surface area (Å²) < 4.78 is 54.4. The summed E-state index contributed by atoms with van der Waals surface area (Å²) >= 11 is 5.96. The highest BCUT2D eigenvalue weighted by atomic mass is 35.5.